The number of nitriles is 1. The van der Waals surface area contributed by atoms with Crippen LogP contribution >= 0.6 is 0 Å². The maximum absolute atomic E-state index is 12.6. The number of rotatable bonds is 6. The van der Waals surface area contributed by atoms with E-state index in [1.165, 1.54) is 0 Å². The van der Waals surface area contributed by atoms with Crippen LogP contribution in [0.5, 0.6) is 0 Å². The molecule has 29 heavy (non-hydrogen) atoms. The zero-order valence-corrected chi connectivity index (χ0v) is 15.2. The molecule has 1 amide bonds. The first-order valence-electron chi connectivity index (χ1n) is 8.38. The molecule has 2 aromatic rings. The van der Waals surface area contributed by atoms with Crippen molar-refractivity contribution in [2.45, 2.75) is 24.7 Å². The van der Waals surface area contributed by atoms with Crippen molar-refractivity contribution in [2.24, 2.45) is 0 Å². The largest absolute Gasteiger partial charge is 0.467 e. The Bertz CT molecular complexity index is 903. The van der Waals surface area contributed by atoms with E-state index in [2.05, 4.69) is 10.1 Å². The van der Waals surface area contributed by atoms with Gasteiger partial charge in [-0.1, -0.05) is 24.3 Å². The van der Waals surface area contributed by atoms with E-state index in [-0.39, 0.29) is 12.0 Å². The van der Waals surface area contributed by atoms with Gasteiger partial charge in [-0.2, -0.15) is 18.4 Å². The van der Waals surface area contributed by atoms with E-state index >= 15 is 0 Å². The van der Waals surface area contributed by atoms with Crippen LogP contribution in [0.3, 0.4) is 0 Å². The normalized spacial score (nSPS) is 13.1. The molecule has 0 fully saturated rings. The highest BCUT2D eigenvalue weighted by Crippen LogP contribution is 2.30. The minimum atomic E-state index is -4.54. The van der Waals surface area contributed by atoms with Crippen LogP contribution in [0.4, 0.5) is 13.2 Å². The Morgan fingerprint density at radius 3 is 2.21 bits per heavy atom. The van der Waals surface area contributed by atoms with Crippen molar-refractivity contribution in [3.05, 3.63) is 70.8 Å². The molecule has 0 radical (unpaired) electrons. The summed E-state index contributed by atoms with van der Waals surface area (Å²) in [5.41, 5.74) is 0.0773. The molecule has 152 valence electrons. The predicted molar refractivity (Wildman–Crippen MR) is 95.2 cm³/mol. The molecule has 2 rings (SSSR count). The number of ether oxygens (including phenoxy) is 1. The van der Waals surface area contributed by atoms with Crippen molar-refractivity contribution in [3.63, 3.8) is 0 Å². The molecule has 6 nitrogen and oxygen atoms in total. The molecule has 9 heteroatoms. The standard InChI is InChI=1S/C20H17F3N2O4/c1-29-19(28)16(10-12-2-4-13(11-24)5-3-12)25-18(27)17(26)14-6-8-15(9-7-14)20(21,22)23/h2-9,16-17,26H,10H2,1H3,(H,25,27)/t16-,17-/m1/s1. The summed E-state index contributed by atoms with van der Waals surface area (Å²) >= 11 is 0. The lowest BCUT2D eigenvalue weighted by Gasteiger charge is -2.19. The number of aliphatic hydroxyl groups excluding tert-OH is 1. The Hall–Kier alpha value is -3.38. The number of hydrogen-bond acceptors (Lipinski definition) is 5. The highest BCUT2D eigenvalue weighted by Gasteiger charge is 2.31. The van der Waals surface area contributed by atoms with Gasteiger partial charge in [0, 0.05) is 6.42 Å². The number of hydrogen-bond donors (Lipinski definition) is 2. The van der Waals surface area contributed by atoms with E-state index < -0.39 is 35.8 Å². The number of halogens is 3. The Morgan fingerprint density at radius 1 is 1.14 bits per heavy atom. The number of carbonyl (C=O) groups is 2. The second-order valence-corrected chi connectivity index (χ2v) is 6.12. The van der Waals surface area contributed by atoms with Gasteiger partial charge in [0.1, 0.15) is 6.04 Å². The second kappa shape index (κ2) is 9.21. The smallest absolute Gasteiger partial charge is 0.416 e. The monoisotopic (exact) mass is 406 g/mol. The molecule has 0 aliphatic heterocycles. The predicted octanol–water partition coefficient (Wildman–Crippen LogP) is 2.51. The second-order valence-electron chi connectivity index (χ2n) is 6.12. The molecule has 0 aromatic heterocycles. The average molecular weight is 406 g/mol. The average Bonchev–Trinajstić information content (AvgIpc) is 2.72. The van der Waals surface area contributed by atoms with Crippen LogP contribution in [0.25, 0.3) is 0 Å². The van der Waals surface area contributed by atoms with Crippen molar-refractivity contribution in [3.8, 4) is 6.07 Å². The van der Waals surface area contributed by atoms with Gasteiger partial charge in [0.15, 0.2) is 6.10 Å². The molecule has 0 aliphatic carbocycles. The number of nitrogens with one attached hydrogen (secondary N) is 1. The molecular weight excluding hydrogens is 389 g/mol. The third-order valence-electron chi connectivity index (χ3n) is 4.13. The van der Waals surface area contributed by atoms with Gasteiger partial charge in [-0.05, 0) is 35.4 Å². The molecule has 0 bridgehead atoms. The number of esters is 1. The van der Waals surface area contributed by atoms with Gasteiger partial charge < -0.3 is 15.2 Å². The van der Waals surface area contributed by atoms with E-state index in [1.807, 2.05) is 6.07 Å². The van der Waals surface area contributed by atoms with Crippen molar-refractivity contribution in [2.75, 3.05) is 7.11 Å². The highest BCUT2D eigenvalue weighted by molar-refractivity contribution is 5.87. The van der Waals surface area contributed by atoms with Crippen LogP contribution in [0.15, 0.2) is 48.5 Å². The van der Waals surface area contributed by atoms with E-state index in [1.54, 1.807) is 24.3 Å². The highest BCUT2D eigenvalue weighted by atomic mass is 19.4. The van der Waals surface area contributed by atoms with Gasteiger partial charge in [-0.25, -0.2) is 4.79 Å². The van der Waals surface area contributed by atoms with Gasteiger partial charge in [0.25, 0.3) is 5.91 Å². The van der Waals surface area contributed by atoms with Gasteiger partial charge in [-0.3, -0.25) is 4.79 Å². The summed E-state index contributed by atoms with van der Waals surface area (Å²) in [6.07, 6.45) is -6.28. The Kier molecular flexibility index (Phi) is 6.96. The lowest BCUT2D eigenvalue weighted by Crippen LogP contribution is -2.45. The number of carbonyl (C=O) groups excluding carboxylic acids is 2. The van der Waals surface area contributed by atoms with Crippen molar-refractivity contribution >= 4 is 11.9 Å². The number of nitrogens with zero attached hydrogens (tertiary/aromatic N) is 1. The molecule has 2 N–H and O–H groups in total. The number of aliphatic hydroxyl groups is 1. The fourth-order valence-corrected chi connectivity index (χ4v) is 2.54. The summed E-state index contributed by atoms with van der Waals surface area (Å²) in [5.74, 6) is -1.73. The van der Waals surface area contributed by atoms with Crippen molar-refractivity contribution in [1.29, 1.82) is 5.26 Å². The SMILES string of the molecule is COC(=O)[C@@H](Cc1ccc(C#N)cc1)NC(=O)[C@H](O)c1ccc(C(F)(F)F)cc1. The summed E-state index contributed by atoms with van der Waals surface area (Å²) in [6, 6.07) is 10.6. The fraction of sp³-hybridized carbons (Fsp3) is 0.250. The molecule has 0 saturated heterocycles. The number of benzene rings is 2. The van der Waals surface area contributed by atoms with E-state index in [4.69, 9.17) is 5.26 Å². The first-order valence-corrected chi connectivity index (χ1v) is 8.38. The van der Waals surface area contributed by atoms with Crippen LogP contribution in [0, 0.1) is 11.3 Å². The molecule has 2 atom stereocenters. The molecule has 0 aliphatic rings. The number of alkyl halides is 3. The summed E-state index contributed by atoms with van der Waals surface area (Å²) in [5, 5.41) is 21.3. The first kappa shape index (κ1) is 21.9. The molecule has 0 spiro atoms. The van der Waals surface area contributed by atoms with E-state index in [0.717, 1.165) is 31.4 Å². The van der Waals surface area contributed by atoms with Gasteiger partial charge in [0.05, 0.1) is 24.3 Å². The van der Waals surface area contributed by atoms with E-state index in [9.17, 15) is 27.9 Å². The van der Waals surface area contributed by atoms with Crippen LogP contribution in [-0.4, -0.2) is 30.1 Å². The van der Waals surface area contributed by atoms with Crippen LogP contribution in [0.1, 0.15) is 28.4 Å². The van der Waals surface area contributed by atoms with Gasteiger partial charge in [-0.15, -0.1) is 0 Å². The molecular formula is C20H17F3N2O4. The quantitative estimate of drug-likeness (QED) is 0.719. The van der Waals surface area contributed by atoms with Gasteiger partial charge in [0.2, 0.25) is 0 Å². The number of amides is 1. The van der Waals surface area contributed by atoms with E-state index in [0.29, 0.717) is 11.1 Å². The Balaban J connectivity index is 2.12. The first-order chi connectivity index (χ1) is 13.7. The molecule has 0 saturated carbocycles. The Morgan fingerprint density at radius 2 is 1.72 bits per heavy atom. The zero-order valence-electron chi connectivity index (χ0n) is 15.2. The molecule has 2 aromatic carbocycles. The lowest BCUT2D eigenvalue weighted by atomic mass is 10.0. The maximum atomic E-state index is 12.6. The molecule has 0 heterocycles. The minimum absolute atomic E-state index is 0.0316. The molecule has 0 unspecified atom stereocenters. The third kappa shape index (κ3) is 5.80. The fourth-order valence-electron chi connectivity index (χ4n) is 2.54. The zero-order chi connectivity index (χ0) is 21.6. The summed E-state index contributed by atoms with van der Waals surface area (Å²) in [4.78, 5) is 24.3. The lowest BCUT2D eigenvalue weighted by molar-refractivity contribution is -0.146. The van der Waals surface area contributed by atoms with Crippen molar-refractivity contribution < 1.29 is 32.6 Å². The maximum Gasteiger partial charge on any atom is 0.416 e. The van der Waals surface area contributed by atoms with Crippen LogP contribution < -0.4 is 5.32 Å². The van der Waals surface area contributed by atoms with Crippen LogP contribution in [-0.2, 0) is 26.9 Å². The van der Waals surface area contributed by atoms with Gasteiger partial charge >= 0.3 is 12.1 Å². The van der Waals surface area contributed by atoms with Crippen LogP contribution in [0.2, 0.25) is 0 Å². The Labute approximate surface area is 164 Å². The summed E-state index contributed by atoms with van der Waals surface area (Å²) < 4.78 is 42.5. The summed E-state index contributed by atoms with van der Waals surface area (Å²) in [7, 11) is 1.13. The number of methoxy groups -OCH3 is 1. The summed E-state index contributed by atoms with van der Waals surface area (Å²) in [6.45, 7) is 0. The topological polar surface area (TPSA) is 99.4 Å². The van der Waals surface area contributed by atoms with Crippen molar-refractivity contribution in [1.82, 2.24) is 5.32 Å². The third-order valence-corrected chi connectivity index (χ3v) is 4.13. The minimum Gasteiger partial charge on any atom is -0.467 e.